The first-order valence-corrected chi connectivity index (χ1v) is 11.5. The number of hydrogen-bond acceptors (Lipinski definition) is 14. The summed E-state index contributed by atoms with van der Waals surface area (Å²) in [5, 5.41) is 70.7. The van der Waals surface area contributed by atoms with Gasteiger partial charge in [0.05, 0.1) is 38.1 Å². The summed E-state index contributed by atoms with van der Waals surface area (Å²) in [6.45, 7) is -0.993. The van der Waals surface area contributed by atoms with Crippen molar-refractivity contribution in [2.75, 3.05) is 26.9 Å². The maximum absolute atomic E-state index is 10.5. The number of ether oxygens (including phenoxy) is 7. The van der Waals surface area contributed by atoms with Crippen molar-refractivity contribution in [3.63, 3.8) is 0 Å². The zero-order valence-corrected chi connectivity index (χ0v) is 18.8. The van der Waals surface area contributed by atoms with Gasteiger partial charge in [-0.15, -0.1) is 0 Å². The van der Waals surface area contributed by atoms with Crippen LogP contribution in [0.3, 0.4) is 0 Å². The largest absolute Gasteiger partial charge is 0.472 e. The van der Waals surface area contributed by atoms with Crippen molar-refractivity contribution < 1.29 is 68.9 Å². The first-order valence-electron chi connectivity index (χ1n) is 11.5. The molecule has 0 bridgehead atoms. The second-order valence-electron chi connectivity index (χ2n) is 9.52. The van der Waals surface area contributed by atoms with Crippen molar-refractivity contribution in [1.82, 2.24) is 0 Å². The lowest BCUT2D eigenvalue weighted by molar-refractivity contribution is -0.352. The van der Waals surface area contributed by atoms with E-state index in [9.17, 15) is 35.7 Å². The summed E-state index contributed by atoms with van der Waals surface area (Å²) >= 11 is 0. The third-order valence-electron chi connectivity index (χ3n) is 7.57. The van der Waals surface area contributed by atoms with E-state index in [1.807, 2.05) is 0 Å². The van der Waals surface area contributed by atoms with Gasteiger partial charge in [-0.1, -0.05) is 0 Å². The molecule has 4 heterocycles. The number of aliphatic hydroxyl groups excluding tert-OH is 7. The molecular formula is C21H32O14. The first-order chi connectivity index (χ1) is 16.7. The molecule has 200 valence electrons. The fourth-order valence-corrected chi connectivity index (χ4v) is 5.53. The Morgan fingerprint density at radius 1 is 0.943 bits per heavy atom. The molecule has 35 heavy (non-hydrogen) atoms. The summed E-state index contributed by atoms with van der Waals surface area (Å²) in [7, 11) is 1.54. The van der Waals surface area contributed by atoms with Crippen LogP contribution in [-0.2, 0) is 33.2 Å². The Bertz CT molecular complexity index is 783. The zero-order valence-electron chi connectivity index (χ0n) is 18.8. The van der Waals surface area contributed by atoms with Gasteiger partial charge in [-0.2, -0.15) is 0 Å². The topological polar surface area (TPSA) is 210 Å². The second-order valence-corrected chi connectivity index (χ2v) is 9.52. The molecule has 0 radical (unpaired) electrons. The highest BCUT2D eigenvalue weighted by Crippen LogP contribution is 2.60. The standard InChI is InChI=1S/C21H32O14/c1-29-16-7-2-3-30-18(10(7)21(6-22)17(16)35-21)34-20-15(28)13(26)12(25)9(33-20)5-32-19-14(27)11(24)8(23)4-31-19/h2-3,7-20,22-28H,4-6H2,1H3/t7?,8-,9-,10?,11+,12-,13+,14+,15-,16+,17+,18?,19+,20+,21-/m1/s1. The van der Waals surface area contributed by atoms with Gasteiger partial charge in [-0.3, -0.25) is 0 Å². The summed E-state index contributed by atoms with van der Waals surface area (Å²) in [4.78, 5) is 0. The van der Waals surface area contributed by atoms with Gasteiger partial charge in [-0.05, 0) is 6.08 Å². The Kier molecular flexibility index (Phi) is 7.13. The lowest BCUT2D eigenvalue weighted by Crippen LogP contribution is -2.61. The third kappa shape index (κ3) is 4.20. The predicted octanol–water partition coefficient (Wildman–Crippen LogP) is -4.47. The average Bonchev–Trinajstić information content (AvgIpc) is 3.52. The van der Waals surface area contributed by atoms with Gasteiger partial charge < -0.3 is 68.9 Å². The smallest absolute Gasteiger partial charge is 0.208 e. The molecule has 5 rings (SSSR count). The van der Waals surface area contributed by atoms with Gasteiger partial charge in [0.1, 0.15) is 54.4 Å². The number of aliphatic hydroxyl groups is 7. The maximum atomic E-state index is 10.5. The quantitative estimate of drug-likeness (QED) is 0.162. The van der Waals surface area contributed by atoms with Crippen LogP contribution < -0.4 is 0 Å². The van der Waals surface area contributed by atoms with Crippen LogP contribution in [0.5, 0.6) is 0 Å². The summed E-state index contributed by atoms with van der Waals surface area (Å²) in [6, 6.07) is 0. The highest BCUT2D eigenvalue weighted by atomic mass is 16.8. The number of rotatable bonds is 7. The van der Waals surface area contributed by atoms with E-state index < -0.39 is 79.7 Å². The van der Waals surface area contributed by atoms with Crippen molar-refractivity contribution in [3.05, 3.63) is 12.3 Å². The van der Waals surface area contributed by atoms with E-state index in [1.165, 1.54) is 6.26 Å². The molecule has 1 aliphatic carbocycles. The van der Waals surface area contributed by atoms with Crippen molar-refractivity contribution in [2.24, 2.45) is 11.8 Å². The van der Waals surface area contributed by atoms with Gasteiger partial charge in [0.15, 0.2) is 12.6 Å². The molecule has 0 aromatic heterocycles. The molecule has 7 N–H and O–H groups in total. The Morgan fingerprint density at radius 2 is 1.69 bits per heavy atom. The molecule has 0 spiro atoms. The van der Waals surface area contributed by atoms with Crippen molar-refractivity contribution in [1.29, 1.82) is 0 Å². The summed E-state index contributed by atoms with van der Waals surface area (Å²) in [5.41, 5.74) is -0.944. The predicted molar refractivity (Wildman–Crippen MR) is 108 cm³/mol. The van der Waals surface area contributed by atoms with Gasteiger partial charge >= 0.3 is 0 Å². The van der Waals surface area contributed by atoms with Crippen LogP contribution in [0, 0.1) is 11.8 Å². The molecule has 3 saturated heterocycles. The summed E-state index contributed by atoms with van der Waals surface area (Å²) in [6.07, 6.45) is -11.7. The number of fused-ring (bicyclic) bond motifs is 3. The SMILES string of the molecule is CO[C@H]1C2C=COC(O[C@@H]3O[C@H](CO[C@@H]4OC[C@@H](O)[C@H](O)[C@@H]4O)[C@@H](O)[C@H](O)[C@H]3O)C2[C@@]2(CO)O[C@@H]12. The Balaban J connectivity index is 1.25. The van der Waals surface area contributed by atoms with Gasteiger partial charge in [0, 0.05) is 13.0 Å². The molecule has 1 saturated carbocycles. The normalized spacial score (nSPS) is 55.2. The Morgan fingerprint density at radius 3 is 2.40 bits per heavy atom. The lowest BCUT2D eigenvalue weighted by atomic mass is 9.85. The molecule has 15 atom stereocenters. The van der Waals surface area contributed by atoms with E-state index >= 15 is 0 Å². The van der Waals surface area contributed by atoms with E-state index in [0.29, 0.717) is 0 Å². The second kappa shape index (κ2) is 9.72. The molecule has 14 heteroatoms. The monoisotopic (exact) mass is 508 g/mol. The van der Waals surface area contributed by atoms with E-state index in [0.717, 1.165) is 0 Å². The minimum atomic E-state index is -1.67. The number of hydrogen-bond donors (Lipinski definition) is 7. The number of methoxy groups -OCH3 is 1. The highest BCUT2D eigenvalue weighted by Gasteiger charge is 2.76. The highest BCUT2D eigenvalue weighted by molar-refractivity contribution is 5.25. The molecule has 0 amide bonds. The molecule has 4 fully saturated rings. The van der Waals surface area contributed by atoms with Crippen LogP contribution in [0.1, 0.15) is 0 Å². The summed E-state index contributed by atoms with van der Waals surface area (Å²) in [5.74, 6) is -0.701. The molecular weight excluding hydrogens is 476 g/mol. The van der Waals surface area contributed by atoms with E-state index in [2.05, 4.69) is 0 Å². The fourth-order valence-electron chi connectivity index (χ4n) is 5.53. The number of epoxide rings is 1. The molecule has 3 unspecified atom stereocenters. The van der Waals surface area contributed by atoms with Crippen LogP contribution >= 0.6 is 0 Å². The molecule has 0 aromatic carbocycles. The Hall–Kier alpha value is -0.980. The van der Waals surface area contributed by atoms with Crippen LogP contribution in [0.4, 0.5) is 0 Å². The zero-order chi connectivity index (χ0) is 25.1. The molecule has 0 aromatic rings. The van der Waals surface area contributed by atoms with Gasteiger partial charge in [-0.25, -0.2) is 0 Å². The van der Waals surface area contributed by atoms with E-state index in [1.54, 1.807) is 13.2 Å². The average molecular weight is 508 g/mol. The van der Waals surface area contributed by atoms with Crippen molar-refractivity contribution in [2.45, 2.75) is 79.4 Å². The van der Waals surface area contributed by atoms with Crippen LogP contribution in [-0.4, -0.2) is 142 Å². The van der Waals surface area contributed by atoms with Crippen LogP contribution in [0.25, 0.3) is 0 Å². The molecule has 4 aliphatic heterocycles. The minimum Gasteiger partial charge on any atom is -0.472 e. The maximum Gasteiger partial charge on any atom is 0.208 e. The van der Waals surface area contributed by atoms with Crippen LogP contribution in [0.2, 0.25) is 0 Å². The van der Waals surface area contributed by atoms with Crippen molar-refractivity contribution >= 4 is 0 Å². The Labute approximate surface area is 200 Å². The van der Waals surface area contributed by atoms with E-state index in [4.69, 9.17) is 33.2 Å². The van der Waals surface area contributed by atoms with Crippen molar-refractivity contribution in [3.8, 4) is 0 Å². The van der Waals surface area contributed by atoms with Gasteiger partial charge in [0.2, 0.25) is 6.29 Å². The first kappa shape index (κ1) is 25.7. The molecule has 5 aliphatic rings. The lowest BCUT2D eigenvalue weighted by Gasteiger charge is -2.44. The van der Waals surface area contributed by atoms with Gasteiger partial charge in [0.25, 0.3) is 0 Å². The third-order valence-corrected chi connectivity index (χ3v) is 7.57. The minimum absolute atomic E-state index is 0.202. The van der Waals surface area contributed by atoms with Crippen LogP contribution in [0.15, 0.2) is 12.3 Å². The fraction of sp³-hybridized carbons (Fsp3) is 0.905. The molecule has 14 nitrogen and oxygen atoms in total. The summed E-state index contributed by atoms with van der Waals surface area (Å²) < 4.78 is 39.1. The van der Waals surface area contributed by atoms with E-state index in [-0.39, 0.29) is 31.3 Å².